The van der Waals surface area contributed by atoms with Crippen LogP contribution in [0.3, 0.4) is 0 Å². The Morgan fingerprint density at radius 1 is 1.10 bits per heavy atom. The molecule has 0 atom stereocenters. The van der Waals surface area contributed by atoms with Gasteiger partial charge < -0.3 is 10.2 Å². The molecule has 0 radical (unpaired) electrons. The Labute approximate surface area is 124 Å². The van der Waals surface area contributed by atoms with E-state index in [2.05, 4.69) is 28.5 Å². The standard InChI is InChI=1S/C17H19N3O/c21-17-4-2-10-20(17)16-7-5-14(6-8-16)11-19-13-15-3-1-9-18-12-15/h1,3,5-9,12,19H,2,4,10-11,13H2. The minimum Gasteiger partial charge on any atom is -0.312 e. The minimum absolute atomic E-state index is 0.234. The van der Waals surface area contributed by atoms with Gasteiger partial charge in [0.15, 0.2) is 0 Å². The molecule has 108 valence electrons. The van der Waals surface area contributed by atoms with Gasteiger partial charge in [0.25, 0.3) is 0 Å². The Morgan fingerprint density at radius 2 is 1.90 bits per heavy atom. The van der Waals surface area contributed by atoms with Crippen molar-refractivity contribution in [3.63, 3.8) is 0 Å². The Hall–Kier alpha value is -2.20. The van der Waals surface area contributed by atoms with E-state index >= 15 is 0 Å². The summed E-state index contributed by atoms with van der Waals surface area (Å²) in [6.45, 7) is 2.46. The van der Waals surface area contributed by atoms with Gasteiger partial charge in [0.1, 0.15) is 0 Å². The van der Waals surface area contributed by atoms with Crippen molar-refractivity contribution >= 4 is 11.6 Å². The van der Waals surface area contributed by atoms with E-state index in [4.69, 9.17) is 0 Å². The molecule has 1 fully saturated rings. The molecule has 1 N–H and O–H groups in total. The predicted octanol–water partition coefficient (Wildman–Crippen LogP) is 2.50. The molecular weight excluding hydrogens is 262 g/mol. The number of hydrogen-bond donors (Lipinski definition) is 1. The lowest BCUT2D eigenvalue weighted by atomic mass is 10.2. The van der Waals surface area contributed by atoms with Crippen LogP contribution in [0.5, 0.6) is 0 Å². The van der Waals surface area contributed by atoms with E-state index in [-0.39, 0.29) is 5.91 Å². The highest BCUT2D eigenvalue weighted by Gasteiger charge is 2.21. The zero-order valence-corrected chi connectivity index (χ0v) is 12.0. The van der Waals surface area contributed by atoms with Crippen molar-refractivity contribution in [1.29, 1.82) is 0 Å². The first-order valence-corrected chi connectivity index (χ1v) is 7.32. The molecule has 0 aliphatic carbocycles. The summed E-state index contributed by atoms with van der Waals surface area (Å²) < 4.78 is 0. The number of rotatable bonds is 5. The monoisotopic (exact) mass is 281 g/mol. The van der Waals surface area contributed by atoms with Crippen molar-refractivity contribution in [2.24, 2.45) is 0 Å². The van der Waals surface area contributed by atoms with E-state index < -0.39 is 0 Å². The molecule has 1 aromatic carbocycles. The van der Waals surface area contributed by atoms with Crippen LogP contribution in [0.25, 0.3) is 0 Å². The lowest BCUT2D eigenvalue weighted by molar-refractivity contribution is -0.117. The van der Waals surface area contributed by atoms with Gasteiger partial charge in [0.2, 0.25) is 5.91 Å². The molecule has 4 heteroatoms. The second-order valence-electron chi connectivity index (χ2n) is 5.28. The SMILES string of the molecule is O=C1CCCN1c1ccc(CNCc2cccnc2)cc1. The van der Waals surface area contributed by atoms with Crippen molar-refractivity contribution in [3.8, 4) is 0 Å². The van der Waals surface area contributed by atoms with E-state index in [1.165, 1.54) is 11.1 Å². The maximum Gasteiger partial charge on any atom is 0.227 e. The lowest BCUT2D eigenvalue weighted by Crippen LogP contribution is -2.23. The zero-order chi connectivity index (χ0) is 14.5. The van der Waals surface area contributed by atoms with Crippen LogP contribution in [0, 0.1) is 0 Å². The second kappa shape index (κ2) is 6.50. The third kappa shape index (κ3) is 3.47. The molecule has 1 aliphatic rings. The molecule has 0 spiro atoms. The maximum absolute atomic E-state index is 11.7. The fourth-order valence-corrected chi connectivity index (χ4v) is 2.57. The second-order valence-corrected chi connectivity index (χ2v) is 5.28. The third-order valence-electron chi connectivity index (χ3n) is 3.70. The highest BCUT2D eigenvalue weighted by molar-refractivity contribution is 5.95. The summed E-state index contributed by atoms with van der Waals surface area (Å²) in [4.78, 5) is 17.7. The van der Waals surface area contributed by atoms with Crippen LogP contribution in [0.2, 0.25) is 0 Å². The third-order valence-corrected chi connectivity index (χ3v) is 3.70. The quantitative estimate of drug-likeness (QED) is 0.916. The first kappa shape index (κ1) is 13.8. The number of hydrogen-bond acceptors (Lipinski definition) is 3. The summed E-state index contributed by atoms with van der Waals surface area (Å²) in [5.74, 6) is 0.234. The normalized spacial score (nSPS) is 14.7. The van der Waals surface area contributed by atoms with Gasteiger partial charge in [-0.3, -0.25) is 9.78 Å². The first-order valence-electron chi connectivity index (χ1n) is 7.32. The Balaban J connectivity index is 1.54. The number of nitrogens with zero attached hydrogens (tertiary/aromatic N) is 2. The van der Waals surface area contributed by atoms with Gasteiger partial charge in [-0.2, -0.15) is 0 Å². The zero-order valence-electron chi connectivity index (χ0n) is 12.0. The van der Waals surface area contributed by atoms with E-state index in [0.29, 0.717) is 6.42 Å². The number of pyridine rings is 1. The van der Waals surface area contributed by atoms with Crippen molar-refractivity contribution in [2.45, 2.75) is 25.9 Å². The predicted molar refractivity (Wildman–Crippen MR) is 82.8 cm³/mol. The molecular formula is C17H19N3O. The van der Waals surface area contributed by atoms with Crippen molar-refractivity contribution < 1.29 is 4.79 Å². The van der Waals surface area contributed by atoms with Crippen LogP contribution in [0.1, 0.15) is 24.0 Å². The topological polar surface area (TPSA) is 45.2 Å². The number of carbonyl (C=O) groups is 1. The molecule has 21 heavy (non-hydrogen) atoms. The summed E-state index contributed by atoms with van der Waals surface area (Å²) >= 11 is 0. The molecule has 3 rings (SSSR count). The largest absolute Gasteiger partial charge is 0.312 e. The molecule has 1 aliphatic heterocycles. The van der Waals surface area contributed by atoms with Gasteiger partial charge in [-0.15, -0.1) is 0 Å². The first-order chi connectivity index (χ1) is 10.3. The fraction of sp³-hybridized carbons (Fsp3) is 0.294. The summed E-state index contributed by atoms with van der Waals surface area (Å²) in [5, 5.41) is 3.40. The summed E-state index contributed by atoms with van der Waals surface area (Å²) in [7, 11) is 0. The van der Waals surface area contributed by atoms with Gasteiger partial charge in [0, 0.05) is 44.1 Å². The number of nitrogens with one attached hydrogen (secondary N) is 1. The van der Waals surface area contributed by atoms with Gasteiger partial charge in [0.05, 0.1) is 0 Å². The molecule has 0 unspecified atom stereocenters. The number of aromatic nitrogens is 1. The Kier molecular flexibility index (Phi) is 4.26. The van der Waals surface area contributed by atoms with Gasteiger partial charge in [-0.1, -0.05) is 18.2 Å². The molecule has 2 aromatic rings. The van der Waals surface area contributed by atoms with Crippen molar-refractivity contribution in [1.82, 2.24) is 10.3 Å². The number of amides is 1. The van der Waals surface area contributed by atoms with Crippen LogP contribution in [0.4, 0.5) is 5.69 Å². The van der Waals surface area contributed by atoms with E-state index in [9.17, 15) is 4.79 Å². The van der Waals surface area contributed by atoms with E-state index in [0.717, 1.165) is 31.7 Å². The van der Waals surface area contributed by atoms with Gasteiger partial charge in [-0.05, 0) is 35.7 Å². The number of benzene rings is 1. The molecule has 0 bridgehead atoms. The highest BCUT2D eigenvalue weighted by Crippen LogP contribution is 2.21. The molecule has 1 saturated heterocycles. The molecule has 1 amide bonds. The average Bonchev–Trinajstić information content (AvgIpc) is 2.95. The molecule has 0 saturated carbocycles. The number of anilines is 1. The molecule has 1 aromatic heterocycles. The Morgan fingerprint density at radius 3 is 2.57 bits per heavy atom. The molecule has 4 nitrogen and oxygen atoms in total. The number of carbonyl (C=O) groups excluding carboxylic acids is 1. The van der Waals surface area contributed by atoms with Crippen LogP contribution in [-0.4, -0.2) is 17.4 Å². The molecule has 2 heterocycles. The summed E-state index contributed by atoms with van der Waals surface area (Å²) in [6, 6.07) is 12.2. The minimum atomic E-state index is 0.234. The fourth-order valence-electron chi connectivity index (χ4n) is 2.57. The Bertz CT molecular complexity index is 595. The maximum atomic E-state index is 11.7. The average molecular weight is 281 g/mol. The van der Waals surface area contributed by atoms with Crippen LogP contribution >= 0.6 is 0 Å². The van der Waals surface area contributed by atoms with Crippen molar-refractivity contribution in [2.75, 3.05) is 11.4 Å². The van der Waals surface area contributed by atoms with E-state index in [1.807, 2.05) is 29.3 Å². The van der Waals surface area contributed by atoms with Gasteiger partial charge in [-0.25, -0.2) is 0 Å². The van der Waals surface area contributed by atoms with Gasteiger partial charge >= 0.3 is 0 Å². The van der Waals surface area contributed by atoms with Crippen LogP contribution < -0.4 is 10.2 Å². The van der Waals surface area contributed by atoms with Crippen LogP contribution in [0.15, 0.2) is 48.8 Å². The lowest BCUT2D eigenvalue weighted by Gasteiger charge is -2.16. The smallest absolute Gasteiger partial charge is 0.227 e. The summed E-state index contributed by atoms with van der Waals surface area (Å²) in [6.07, 6.45) is 5.29. The summed E-state index contributed by atoms with van der Waals surface area (Å²) in [5.41, 5.74) is 3.40. The van der Waals surface area contributed by atoms with E-state index in [1.54, 1.807) is 6.20 Å². The van der Waals surface area contributed by atoms with Crippen LogP contribution in [-0.2, 0) is 17.9 Å². The van der Waals surface area contributed by atoms with Crippen molar-refractivity contribution in [3.05, 3.63) is 59.9 Å². The highest BCUT2D eigenvalue weighted by atomic mass is 16.2.